The van der Waals surface area contributed by atoms with Crippen molar-refractivity contribution in [2.45, 2.75) is 284 Å². The lowest BCUT2D eigenvalue weighted by Gasteiger charge is -2.25. The zero-order chi connectivity index (χ0) is 47.3. The zero-order valence-electron chi connectivity index (χ0n) is 43.2. The Morgan fingerprint density at radius 3 is 1.02 bits per heavy atom. The number of carbonyl (C=O) groups is 4. The third-order valence-corrected chi connectivity index (χ3v) is 12.5. The SMILES string of the molecule is CCCCCCC(CCCCCC)OC(=O)CCCCCCCCC(CCCCCCCCC(=O)OC(CCCCCC)CCCCCC)OC(=O)N(CCCN(C)C)CC(=O)OC. The van der Waals surface area contributed by atoms with Crippen molar-refractivity contribution >= 4 is 24.0 Å². The number of nitrogens with zero attached hydrogens (tertiary/aromatic N) is 2. The van der Waals surface area contributed by atoms with E-state index in [0.29, 0.717) is 19.4 Å². The van der Waals surface area contributed by atoms with E-state index in [4.69, 9.17) is 18.9 Å². The first-order chi connectivity index (χ1) is 31.1. The number of amides is 1. The molecule has 0 fully saturated rings. The summed E-state index contributed by atoms with van der Waals surface area (Å²) in [5.74, 6) is -0.517. The third kappa shape index (κ3) is 40.0. The molecule has 0 atom stereocenters. The van der Waals surface area contributed by atoms with Crippen LogP contribution in [0.15, 0.2) is 0 Å². The number of esters is 3. The molecule has 0 aromatic heterocycles. The molecule has 0 bridgehead atoms. The summed E-state index contributed by atoms with van der Waals surface area (Å²) in [6.45, 7) is 10.0. The van der Waals surface area contributed by atoms with E-state index >= 15 is 0 Å². The summed E-state index contributed by atoms with van der Waals surface area (Å²) < 4.78 is 23.0. The molecule has 0 aliphatic rings. The fraction of sp³-hybridized carbons (Fsp3) is 0.926. The normalized spacial score (nSPS) is 11.5. The standard InChI is InChI=1S/C54H104N2O8/c1-8-12-16-28-37-48(38-29-17-13-9-2)62-51(57)43-34-26-22-20-24-32-41-50(64-54(60)56(47-53(59)61-7)46-36-45-55(5)6)42-33-25-21-23-27-35-44-52(58)63-49(39-30-18-14-10-3)40-31-19-15-11-4/h48-50H,8-47H2,1-7H3. The molecule has 0 saturated heterocycles. The van der Waals surface area contributed by atoms with Crippen LogP contribution in [-0.2, 0) is 33.3 Å². The van der Waals surface area contributed by atoms with Crippen LogP contribution in [-0.4, -0.2) is 93.0 Å². The van der Waals surface area contributed by atoms with Crippen LogP contribution in [0.5, 0.6) is 0 Å². The average Bonchev–Trinajstić information content (AvgIpc) is 3.27. The van der Waals surface area contributed by atoms with Crippen molar-refractivity contribution in [2.75, 3.05) is 40.8 Å². The molecule has 0 aromatic rings. The van der Waals surface area contributed by atoms with E-state index in [-0.39, 0.29) is 36.8 Å². The van der Waals surface area contributed by atoms with Crippen LogP contribution in [0, 0.1) is 0 Å². The van der Waals surface area contributed by atoms with Gasteiger partial charge in [-0.25, -0.2) is 4.79 Å². The molecule has 0 rings (SSSR count). The van der Waals surface area contributed by atoms with Crippen molar-refractivity contribution in [2.24, 2.45) is 0 Å². The monoisotopic (exact) mass is 909 g/mol. The lowest BCUT2D eigenvalue weighted by atomic mass is 10.0. The van der Waals surface area contributed by atoms with Crippen LogP contribution in [0.1, 0.15) is 265 Å². The number of hydrogen-bond donors (Lipinski definition) is 0. The number of unbranched alkanes of at least 4 members (excludes halogenated alkanes) is 22. The second kappa shape index (κ2) is 45.8. The van der Waals surface area contributed by atoms with Gasteiger partial charge in [0, 0.05) is 19.4 Å². The zero-order valence-corrected chi connectivity index (χ0v) is 43.2. The molecule has 378 valence electrons. The fourth-order valence-corrected chi connectivity index (χ4v) is 8.42. The number of ether oxygens (including phenoxy) is 4. The van der Waals surface area contributed by atoms with Crippen LogP contribution in [0.4, 0.5) is 4.79 Å². The second-order valence-corrected chi connectivity index (χ2v) is 19.1. The van der Waals surface area contributed by atoms with Gasteiger partial charge in [-0.3, -0.25) is 19.3 Å². The maximum atomic E-state index is 13.5. The van der Waals surface area contributed by atoms with Gasteiger partial charge >= 0.3 is 24.0 Å². The average molecular weight is 909 g/mol. The van der Waals surface area contributed by atoms with Crippen LogP contribution in [0.2, 0.25) is 0 Å². The quantitative estimate of drug-likeness (QED) is 0.0335. The summed E-state index contributed by atoms with van der Waals surface area (Å²) in [5.41, 5.74) is 0. The molecule has 0 N–H and O–H groups in total. The minimum absolute atomic E-state index is 0.0337. The Morgan fingerprint density at radius 1 is 0.375 bits per heavy atom. The van der Waals surface area contributed by atoms with E-state index in [0.717, 1.165) is 154 Å². The molecule has 0 aromatic carbocycles. The molecular weight excluding hydrogens is 805 g/mol. The van der Waals surface area contributed by atoms with Gasteiger partial charge < -0.3 is 23.8 Å². The van der Waals surface area contributed by atoms with Gasteiger partial charge in [0.15, 0.2) is 0 Å². The number of hydrogen-bond acceptors (Lipinski definition) is 9. The molecule has 1 amide bonds. The van der Waals surface area contributed by atoms with Gasteiger partial charge in [-0.05, 0) is 117 Å². The Morgan fingerprint density at radius 2 is 0.688 bits per heavy atom. The smallest absolute Gasteiger partial charge is 0.410 e. The van der Waals surface area contributed by atoms with Crippen molar-refractivity contribution in [3.05, 3.63) is 0 Å². The van der Waals surface area contributed by atoms with Gasteiger partial charge in [-0.2, -0.15) is 0 Å². The maximum absolute atomic E-state index is 13.5. The molecule has 10 nitrogen and oxygen atoms in total. The lowest BCUT2D eigenvalue weighted by molar-refractivity contribution is -0.151. The van der Waals surface area contributed by atoms with Crippen LogP contribution < -0.4 is 0 Å². The molecule has 0 unspecified atom stereocenters. The molecule has 10 heteroatoms. The van der Waals surface area contributed by atoms with Gasteiger partial charge in [0.2, 0.25) is 0 Å². The van der Waals surface area contributed by atoms with E-state index < -0.39 is 12.1 Å². The minimum atomic E-state index is -0.450. The van der Waals surface area contributed by atoms with Gasteiger partial charge in [0.25, 0.3) is 0 Å². The summed E-state index contributed by atoms with van der Waals surface area (Å²) in [5, 5.41) is 0. The number of methoxy groups -OCH3 is 1. The summed E-state index contributed by atoms with van der Waals surface area (Å²) in [7, 11) is 5.33. The summed E-state index contributed by atoms with van der Waals surface area (Å²) in [4.78, 5) is 54.7. The van der Waals surface area contributed by atoms with E-state index in [1.165, 1.54) is 89.1 Å². The third-order valence-electron chi connectivity index (χ3n) is 12.5. The van der Waals surface area contributed by atoms with Crippen molar-refractivity contribution in [3.8, 4) is 0 Å². The molecule has 0 spiro atoms. The van der Waals surface area contributed by atoms with Crippen molar-refractivity contribution in [1.82, 2.24) is 9.80 Å². The van der Waals surface area contributed by atoms with Crippen molar-refractivity contribution in [3.63, 3.8) is 0 Å². The summed E-state index contributed by atoms with van der Waals surface area (Å²) >= 11 is 0. The van der Waals surface area contributed by atoms with Gasteiger partial charge in [0.1, 0.15) is 24.9 Å². The Kier molecular flexibility index (Phi) is 44.1. The van der Waals surface area contributed by atoms with E-state index in [1.807, 2.05) is 14.1 Å². The molecule has 0 aliphatic heterocycles. The first-order valence-electron chi connectivity index (χ1n) is 27.2. The summed E-state index contributed by atoms with van der Waals surface area (Å²) in [6.07, 6.45) is 38.1. The van der Waals surface area contributed by atoms with Crippen molar-refractivity contribution < 1.29 is 38.1 Å². The maximum Gasteiger partial charge on any atom is 0.410 e. The molecule has 64 heavy (non-hydrogen) atoms. The lowest BCUT2D eigenvalue weighted by Crippen LogP contribution is -2.40. The Hall–Kier alpha value is -2.36. The molecule has 0 aliphatic carbocycles. The summed E-state index contributed by atoms with van der Waals surface area (Å²) in [6, 6.07) is 0. The molecule has 0 radical (unpaired) electrons. The highest BCUT2D eigenvalue weighted by molar-refractivity contribution is 5.78. The van der Waals surface area contributed by atoms with Crippen LogP contribution in [0.25, 0.3) is 0 Å². The number of rotatable bonds is 47. The Balaban J connectivity index is 4.91. The predicted molar refractivity (Wildman–Crippen MR) is 266 cm³/mol. The first kappa shape index (κ1) is 61.6. The van der Waals surface area contributed by atoms with Crippen LogP contribution >= 0.6 is 0 Å². The van der Waals surface area contributed by atoms with Gasteiger partial charge in [-0.1, -0.05) is 156 Å². The Labute approximate surface area is 395 Å². The molecular formula is C54H104N2O8. The Bertz CT molecular complexity index is 1010. The predicted octanol–water partition coefficient (Wildman–Crippen LogP) is 14.9. The second-order valence-electron chi connectivity index (χ2n) is 19.1. The first-order valence-corrected chi connectivity index (χ1v) is 27.2. The fourth-order valence-electron chi connectivity index (χ4n) is 8.42. The minimum Gasteiger partial charge on any atom is -0.468 e. The highest BCUT2D eigenvalue weighted by Gasteiger charge is 2.23. The largest absolute Gasteiger partial charge is 0.468 e. The van der Waals surface area contributed by atoms with E-state index in [9.17, 15) is 19.2 Å². The van der Waals surface area contributed by atoms with E-state index in [1.54, 1.807) is 0 Å². The topological polar surface area (TPSA) is 112 Å². The van der Waals surface area contributed by atoms with Crippen LogP contribution in [0.3, 0.4) is 0 Å². The highest BCUT2D eigenvalue weighted by atomic mass is 16.6. The van der Waals surface area contributed by atoms with E-state index in [2.05, 4.69) is 32.6 Å². The number of carbonyl (C=O) groups excluding carboxylic acids is 4. The van der Waals surface area contributed by atoms with Gasteiger partial charge in [-0.15, -0.1) is 0 Å². The molecule has 0 heterocycles. The highest BCUT2D eigenvalue weighted by Crippen LogP contribution is 2.21. The molecule has 0 saturated carbocycles. The van der Waals surface area contributed by atoms with Gasteiger partial charge in [0.05, 0.1) is 7.11 Å². The van der Waals surface area contributed by atoms with Crippen molar-refractivity contribution in [1.29, 1.82) is 0 Å².